The van der Waals surface area contributed by atoms with Gasteiger partial charge in [0.15, 0.2) is 0 Å². The van der Waals surface area contributed by atoms with Crippen LogP contribution in [0.3, 0.4) is 0 Å². The fourth-order valence-electron chi connectivity index (χ4n) is 1.86. The normalized spacial score (nSPS) is 26.1. The van der Waals surface area contributed by atoms with E-state index in [9.17, 15) is 14.7 Å². The Labute approximate surface area is 101 Å². The van der Waals surface area contributed by atoms with Gasteiger partial charge in [0.1, 0.15) is 6.04 Å². The smallest absolute Gasteiger partial charge is 0.326 e. The number of β-amino-alcohol motifs (C(OH)–C–C–N with tert-alkyl or cyclic N) is 1. The summed E-state index contributed by atoms with van der Waals surface area (Å²) in [7, 11) is 0. The lowest BCUT2D eigenvalue weighted by atomic mass is 10.1. The van der Waals surface area contributed by atoms with Crippen LogP contribution in [-0.4, -0.2) is 51.8 Å². The second-order valence-electron chi connectivity index (χ2n) is 5.18. The van der Waals surface area contributed by atoms with Crippen molar-refractivity contribution in [2.45, 2.75) is 38.8 Å². The lowest BCUT2D eigenvalue weighted by Gasteiger charge is -2.23. The number of nitrogens with zero attached hydrogens (tertiary/aromatic N) is 1. The molecule has 2 atom stereocenters. The number of aliphatic carboxylic acids is 1. The maximum absolute atomic E-state index is 11.8. The molecule has 0 radical (unpaired) electrons. The molecule has 1 aliphatic rings. The minimum Gasteiger partial charge on any atom is -0.480 e. The molecule has 0 aromatic rings. The molecule has 1 saturated heterocycles. The molecule has 2 amide bonds. The van der Waals surface area contributed by atoms with Crippen LogP contribution in [0.2, 0.25) is 0 Å². The van der Waals surface area contributed by atoms with Crippen LogP contribution in [0.15, 0.2) is 0 Å². The topological polar surface area (TPSA) is 89.9 Å². The van der Waals surface area contributed by atoms with E-state index < -0.39 is 23.6 Å². The first-order valence-corrected chi connectivity index (χ1v) is 5.73. The van der Waals surface area contributed by atoms with Crippen molar-refractivity contribution in [3.63, 3.8) is 0 Å². The first kappa shape index (κ1) is 13.8. The molecule has 1 aliphatic heterocycles. The van der Waals surface area contributed by atoms with E-state index in [0.29, 0.717) is 13.0 Å². The Bertz CT molecular complexity index is 315. The van der Waals surface area contributed by atoms with Gasteiger partial charge in [-0.25, -0.2) is 9.59 Å². The maximum Gasteiger partial charge on any atom is 0.326 e. The van der Waals surface area contributed by atoms with E-state index in [1.165, 1.54) is 4.90 Å². The SMILES string of the molecule is CC(C)[C@H](NC(=O)N1CCC(C)(O)C1)C(=O)O. The van der Waals surface area contributed by atoms with Crippen LogP contribution >= 0.6 is 0 Å². The van der Waals surface area contributed by atoms with Gasteiger partial charge in [-0.1, -0.05) is 13.8 Å². The average Bonchev–Trinajstić information content (AvgIpc) is 2.53. The summed E-state index contributed by atoms with van der Waals surface area (Å²) in [5.74, 6) is -1.22. The van der Waals surface area contributed by atoms with Crippen LogP contribution in [-0.2, 0) is 4.79 Å². The van der Waals surface area contributed by atoms with E-state index in [4.69, 9.17) is 5.11 Å². The Hall–Kier alpha value is -1.30. The van der Waals surface area contributed by atoms with Crippen LogP contribution in [0.1, 0.15) is 27.2 Å². The summed E-state index contributed by atoms with van der Waals surface area (Å²) in [4.78, 5) is 24.2. The number of hydrogen-bond donors (Lipinski definition) is 3. The number of carbonyl (C=O) groups is 2. The van der Waals surface area contributed by atoms with E-state index in [-0.39, 0.29) is 12.5 Å². The molecule has 0 spiro atoms. The van der Waals surface area contributed by atoms with Crippen LogP contribution in [0, 0.1) is 5.92 Å². The summed E-state index contributed by atoms with van der Waals surface area (Å²) >= 11 is 0. The predicted molar refractivity (Wildman–Crippen MR) is 61.6 cm³/mol. The Balaban J connectivity index is 2.57. The Morgan fingerprint density at radius 3 is 2.35 bits per heavy atom. The highest BCUT2D eigenvalue weighted by Gasteiger charge is 2.35. The summed E-state index contributed by atoms with van der Waals surface area (Å²) in [5, 5.41) is 21.2. The van der Waals surface area contributed by atoms with Crippen molar-refractivity contribution in [1.29, 1.82) is 0 Å². The van der Waals surface area contributed by atoms with Crippen molar-refractivity contribution in [1.82, 2.24) is 10.2 Å². The molecule has 0 saturated carbocycles. The Kier molecular flexibility index (Phi) is 3.98. The van der Waals surface area contributed by atoms with Crippen molar-refractivity contribution in [3.05, 3.63) is 0 Å². The minimum absolute atomic E-state index is 0.181. The highest BCUT2D eigenvalue weighted by atomic mass is 16.4. The fourth-order valence-corrected chi connectivity index (χ4v) is 1.86. The number of carboxylic acids is 1. The van der Waals surface area contributed by atoms with Gasteiger partial charge in [0.25, 0.3) is 0 Å². The molecule has 6 heteroatoms. The van der Waals surface area contributed by atoms with Crippen LogP contribution < -0.4 is 5.32 Å². The zero-order chi connectivity index (χ0) is 13.2. The molecule has 17 heavy (non-hydrogen) atoms. The quantitative estimate of drug-likeness (QED) is 0.664. The molecular formula is C11H20N2O4. The van der Waals surface area contributed by atoms with Gasteiger partial charge in [0.05, 0.1) is 12.1 Å². The maximum atomic E-state index is 11.8. The summed E-state index contributed by atoms with van der Waals surface area (Å²) in [6.07, 6.45) is 0.514. The van der Waals surface area contributed by atoms with Crippen molar-refractivity contribution < 1.29 is 19.8 Å². The molecule has 1 rings (SSSR count). The van der Waals surface area contributed by atoms with Gasteiger partial charge < -0.3 is 20.4 Å². The van der Waals surface area contributed by atoms with Crippen molar-refractivity contribution in [2.75, 3.05) is 13.1 Å². The second kappa shape index (κ2) is 4.91. The molecule has 0 aromatic carbocycles. The predicted octanol–water partition coefficient (Wildman–Crippen LogP) is 0.262. The molecular weight excluding hydrogens is 224 g/mol. The van der Waals surface area contributed by atoms with Gasteiger partial charge in [-0.05, 0) is 19.3 Å². The number of aliphatic hydroxyl groups is 1. The molecule has 1 unspecified atom stereocenters. The van der Waals surface area contributed by atoms with E-state index in [2.05, 4.69) is 5.32 Å². The highest BCUT2D eigenvalue weighted by Crippen LogP contribution is 2.20. The van der Waals surface area contributed by atoms with Crippen LogP contribution in [0.25, 0.3) is 0 Å². The number of likely N-dealkylation sites (tertiary alicyclic amines) is 1. The third kappa shape index (κ3) is 3.59. The van der Waals surface area contributed by atoms with Gasteiger partial charge in [-0.15, -0.1) is 0 Å². The largest absolute Gasteiger partial charge is 0.480 e. The lowest BCUT2D eigenvalue weighted by molar-refractivity contribution is -0.140. The number of carbonyl (C=O) groups excluding carboxylic acids is 1. The van der Waals surface area contributed by atoms with Crippen LogP contribution in [0.5, 0.6) is 0 Å². The number of carboxylic acid groups (broad SMARTS) is 1. The number of nitrogens with one attached hydrogen (secondary N) is 1. The first-order valence-electron chi connectivity index (χ1n) is 5.73. The van der Waals surface area contributed by atoms with Crippen molar-refractivity contribution >= 4 is 12.0 Å². The molecule has 3 N–H and O–H groups in total. The lowest BCUT2D eigenvalue weighted by Crippen LogP contribution is -2.50. The number of rotatable bonds is 3. The molecule has 98 valence electrons. The van der Waals surface area contributed by atoms with E-state index in [1.54, 1.807) is 20.8 Å². The number of amides is 2. The standard InChI is InChI=1S/C11H20N2O4/c1-7(2)8(9(14)15)12-10(16)13-5-4-11(3,17)6-13/h7-8,17H,4-6H2,1-3H3,(H,12,16)(H,14,15)/t8-,11?/m0/s1. The summed E-state index contributed by atoms with van der Waals surface area (Å²) < 4.78 is 0. The average molecular weight is 244 g/mol. The summed E-state index contributed by atoms with van der Waals surface area (Å²) in [6, 6.07) is -1.32. The fraction of sp³-hybridized carbons (Fsp3) is 0.818. The van der Waals surface area contributed by atoms with Gasteiger partial charge in [-0.2, -0.15) is 0 Å². The van der Waals surface area contributed by atoms with E-state index >= 15 is 0 Å². The first-order chi connectivity index (χ1) is 7.73. The van der Waals surface area contributed by atoms with E-state index in [1.807, 2.05) is 0 Å². The number of urea groups is 1. The molecule has 1 fully saturated rings. The van der Waals surface area contributed by atoms with Gasteiger partial charge in [0, 0.05) is 6.54 Å². The Morgan fingerprint density at radius 1 is 1.41 bits per heavy atom. The third-order valence-corrected chi connectivity index (χ3v) is 2.95. The van der Waals surface area contributed by atoms with Crippen molar-refractivity contribution in [3.8, 4) is 0 Å². The second-order valence-corrected chi connectivity index (χ2v) is 5.18. The highest BCUT2D eigenvalue weighted by molar-refractivity contribution is 5.83. The summed E-state index contributed by atoms with van der Waals surface area (Å²) in [6.45, 7) is 5.82. The number of hydrogen-bond acceptors (Lipinski definition) is 3. The minimum atomic E-state index is -1.04. The third-order valence-electron chi connectivity index (χ3n) is 2.95. The molecule has 6 nitrogen and oxygen atoms in total. The monoisotopic (exact) mass is 244 g/mol. The molecule has 1 heterocycles. The molecule has 0 aromatic heterocycles. The van der Waals surface area contributed by atoms with Crippen molar-refractivity contribution in [2.24, 2.45) is 5.92 Å². The van der Waals surface area contributed by atoms with Gasteiger partial charge in [0.2, 0.25) is 0 Å². The zero-order valence-electron chi connectivity index (χ0n) is 10.4. The zero-order valence-corrected chi connectivity index (χ0v) is 10.4. The Morgan fingerprint density at radius 2 is 2.00 bits per heavy atom. The molecule has 0 aliphatic carbocycles. The van der Waals surface area contributed by atoms with Gasteiger partial charge in [-0.3, -0.25) is 0 Å². The summed E-state index contributed by atoms with van der Waals surface area (Å²) in [5.41, 5.74) is -0.867. The van der Waals surface area contributed by atoms with E-state index in [0.717, 1.165) is 0 Å². The molecule has 0 bridgehead atoms. The van der Waals surface area contributed by atoms with Gasteiger partial charge >= 0.3 is 12.0 Å². The van der Waals surface area contributed by atoms with Crippen LogP contribution in [0.4, 0.5) is 4.79 Å².